The average Bonchev–Trinajstić information content (AvgIpc) is 2.64. The van der Waals surface area contributed by atoms with E-state index in [4.69, 9.17) is 16.3 Å². The minimum atomic E-state index is -0.281. The number of carbonyl (C=O) groups is 1. The Hall–Kier alpha value is -2.24. The minimum Gasteiger partial charge on any atom is -0.381 e. The topological polar surface area (TPSA) is 53.6 Å². The number of carbonyl (C=O) groups excluding carboxylic acids is 1. The summed E-state index contributed by atoms with van der Waals surface area (Å²) in [6, 6.07) is 14.6. The first-order chi connectivity index (χ1) is 12.1. The highest BCUT2D eigenvalue weighted by Gasteiger charge is 2.18. The molecule has 1 aliphatic heterocycles. The zero-order valence-corrected chi connectivity index (χ0v) is 14.9. The van der Waals surface area contributed by atoms with Crippen LogP contribution in [0.15, 0.2) is 48.5 Å². The van der Waals surface area contributed by atoms with E-state index in [1.54, 1.807) is 31.4 Å². The van der Waals surface area contributed by atoms with Crippen LogP contribution in [0.5, 0.6) is 0 Å². The lowest BCUT2D eigenvalue weighted by molar-refractivity contribution is 0.0819. The van der Waals surface area contributed by atoms with E-state index in [1.165, 1.54) is 5.69 Å². The minimum absolute atomic E-state index is 0.281. The van der Waals surface area contributed by atoms with Gasteiger partial charge >= 0.3 is 6.03 Å². The second-order valence-electron chi connectivity index (χ2n) is 6.06. The van der Waals surface area contributed by atoms with Crippen LogP contribution in [-0.2, 0) is 4.74 Å². The summed E-state index contributed by atoms with van der Waals surface area (Å²) >= 11 is 5.83. The molecule has 132 valence electrons. The molecule has 2 aromatic rings. The molecule has 0 aromatic heterocycles. The van der Waals surface area contributed by atoms with Gasteiger partial charge in [0.25, 0.3) is 0 Å². The number of piperidine rings is 1. The van der Waals surface area contributed by atoms with Gasteiger partial charge in [0, 0.05) is 42.3 Å². The highest BCUT2D eigenvalue weighted by Crippen LogP contribution is 2.23. The van der Waals surface area contributed by atoms with E-state index in [-0.39, 0.29) is 6.03 Å². The fraction of sp³-hybridized carbons (Fsp3) is 0.316. The van der Waals surface area contributed by atoms with Crippen molar-refractivity contribution in [2.45, 2.75) is 18.9 Å². The van der Waals surface area contributed by atoms with Gasteiger partial charge in [0.2, 0.25) is 0 Å². The molecule has 1 aliphatic rings. The van der Waals surface area contributed by atoms with Crippen molar-refractivity contribution in [1.82, 2.24) is 0 Å². The van der Waals surface area contributed by atoms with Crippen LogP contribution >= 0.6 is 11.6 Å². The van der Waals surface area contributed by atoms with Crippen molar-refractivity contribution in [3.05, 3.63) is 53.6 Å². The van der Waals surface area contributed by atoms with Crippen LogP contribution in [0.25, 0.3) is 0 Å². The van der Waals surface area contributed by atoms with Gasteiger partial charge in [-0.2, -0.15) is 0 Å². The van der Waals surface area contributed by atoms with Crippen LogP contribution in [0.4, 0.5) is 21.9 Å². The molecule has 0 aliphatic carbocycles. The van der Waals surface area contributed by atoms with Crippen molar-refractivity contribution < 1.29 is 9.53 Å². The van der Waals surface area contributed by atoms with Gasteiger partial charge in [0.15, 0.2) is 0 Å². The van der Waals surface area contributed by atoms with Crippen LogP contribution < -0.4 is 15.5 Å². The average molecular weight is 360 g/mol. The Labute approximate surface area is 152 Å². The van der Waals surface area contributed by atoms with Crippen molar-refractivity contribution in [3.63, 3.8) is 0 Å². The molecule has 0 bridgehead atoms. The summed E-state index contributed by atoms with van der Waals surface area (Å²) in [5.74, 6) is 0. The van der Waals surface area contributed by atoms with Crippen molar-refractivity contribution in [3.8, 4) is 0 Å². The van der Waals surface area contributed by atoms with Gasteiger partial charge in [-0.1, -0.05) is 11.6 Å². The molecular weight excluding hydrogens is 338 g/mol. The van der Waals surface area contributed by atoms with E-state index in [9.17, 15) is 4.79 Å². The molecule has 0 atom stereocenters. The number of ether oxygens (including phenoxy) is 1. The Morgan fingerprint density at radius 3 is 2.04 bits per heavy atom. The molecule has 25 heavy (non-hydrogen) atoms. The van der Waals surface area contributed by atoms with Gasteiger partial charge < -0.3 is 20.3 Å². The largest absolute Gasteiger partial charge is 0.381 e. The number of nitrogens with zero attached hydrogens (tertiary/aromatic N) is 1. The molecule has 0 unspecified atom stereocenters. The smallest absolute Gasteiger partial charge is 0.323 e. The van der Waals surface area contributed by atoms with Crippen molar-refractivity contribution >= 4 is 34.7 Å². The maximum absolute atomic E-state index is 12.0. The van der Waals surface area contributed by atoms with Gasteiger partial charge in [-0.15, -0.1) is 0 Å². The first-order valence-electron chi connectivity index (χ1n) is 8.35. The monoisotopic (exact) mass is 359 g/mol. The third-order valence-electron chi connectivity index (χ3n) is 4.37. The number of methoxy groups -OCH3 is 1. The summed E-state index contributed by atoms with van der Waals surface area (Å²) < 4.78 is 5.41. The third-order valence-corrected chi connectivity index (χ3v) is 4.62. The first-order valence-corrected chi connectivity index (χ1v) is 8.73. The van der Waals surface area contributed by atoms with Crippen LogP contribution in [-0.4, -0.2) is 32.3 Å². The van der Waals surface area contributed by atoms with Gasteiger partial charge in [-0.3, -0.25) is 0 Å². The van der Waals surface area contributed by atoms with Gasteiger partial charge in [-0.25, -0.2) is 4.79 Å². The maximum atomic E-state index is 12.0. The molecule has 3 rings (SSSR count). The van der Waals surface area contributed by atoms with Crippen molar-refractivity contribution in [2.24, 2.45) is 0 Å². The van der Waals surface area contributed by atoms with Gasteiger partial charge in [-0.05, 0) is 61.4 Å². The lowest BCUT2D eigenvalue weighted by Gasteiger charge is -2.33. The lowest BCUT2D eigenvalue weighted by atomic mass is 10.1. The second kappa shape index (κ2) is 8.23. The Morgan fingerprint density at radius 1 is 1.00 bits per heavy atom. The number of hydrogen-bond acceptors (Lipinski definition) is 3. The van der Waals surface area contributed by atoms with E-state index >= 15 is 0 Å². The SMILES string of the molecule is COC1CCN(c2ccc(NC(=O)Nc3ccc(Cl)cc3)cc2)CC1. The zero-order chi connectivity index (χ0) is 17.6. The van der Waals surface area contributed by atoms with Crippen LogP contribution in [0, 0.1) is 0 Å². The van der Waals surface area contributed by atoms with Gasteiger partial charge in [0.05, 0.1) is 6.10 Å². The number of nitrogens with one attached hydrogen (secondary N) is 2. The maximum Gasteiger partial charge on any atom is 0.323 e. The van der Waals surface area contributed by atoms with Crippen molar-refractivity contribution in [1.29, 1.82) is 0 Å². The van der Waals surface area contributed by atoms with Crippen LogP contribution in [0.3, 0.4) is 0 Å². The molecule has 5 nitrogen and oxygen atoms in total. The Bertz CT molecular complexity index is 696. The van der Waals surface area contributed by atoms with E-state index < -0.39 is 0 Å². The standard InChI is InChI=1S/C19H22ClN3O2/c1-25-18-10-12-23(13-11-18)17-8-6-16(7-9-17)22-19(24)21-15-4-2-14(20)3-5-15/h2-9,18H,10-13H2,1H3,(H2,21,22,24). The Kier molecular flexibility index (Phi) is 5.79. The highest BCUT2D eigenvalue weighted by atomic mass is 35.5. The number of benzene rings is 2. The second-order valence-corrected chi connectivity index (χ2v) is 6.49. The molecule has 0 radical (unpaired) electrons. The van der Waals surface area contributed by atoms with E-state index in [0.717, 1.165) is 31.6 Å². The molecular formula is C19H22ClN3O2. The number of amides is 2. The fourth-order valence-corrected chi connectivity index (χ4v) is 3.06. The molecule has 1 saturated heterocycles. The first kappa shape index (κ1) is 17.6. The molecule has 1 fully saturated rings. The summed E-state index contributed by atoms with van der Waals surface area (Å²) in [6.45, 7) is 1.98. The summed E-state index contributed by atoms with van der Waals surface area (Å²) in [6.07, 6.45) is 2.45. The molecule has 1 heterocycles. The molecule has 0 spiro atoms. The van der Waals surface area contributed by atoms with E-state index in [0.29, 0.717) is 16.8 Å². The molecule has 0 saturated carbocycles. The molecule has 2 N–H and O–H groups in total. The Balaban J connectivity index is 1.53. The van der Waals surface area contributed by atoms with Crippen LogP contribution in [0.1, 0.15) is 12.8 Å². The summed E-state index contributed by atoms with van der Waals surface area (Å²) in [5, 5.41) is 6.24. The molecule has 2 aromatic carbocycles. The number of hydrogen-bond donors (Lipinski definition) is 2. The zero-order valence-electron chi connectivity index (χ0n) is 14.2. The predicted molar refractivity (Wildman–Crippen MR) is 103 cm³/mol. The fourth-order valence-electron chi connectivity index (χ4n) is 2.93. The Morgan fingerprint density at radius 2 is 1.52 bits per heavy atom. The van der Waals surface area contributed by atoms with Gasteiger partial charge in [0.1, 0.15) is 0 Å². The number of halogens is 1. The third kappa shape index (κ3) is 4.87. The molecule has 2 amide bonds. The summed E-state index contributed by atoms with van der Waals surface area (Å²) in [5.41, 5.74) is 2.61. The number of urea groups is 1. The number of rotatable bonds is 4. The normalized spacial score (nSPS) is 15.0. The van der Waals surface area contributed by atoms with Crippen LogP contribution in [0.2, 0.25) is 5.02 Å². The number of anilines is 3. The lowest BCUT2D eigenvalue weighted by Crippen LogP contribution is -2.36. The van der Waals surface area contributed by atoms with Crippen molar-refractivity contribution in [2.75, 3.05) is 35.7 Å². The van der Waals surface area contributed by atoms with E-state index in [1.807, 2.05) is 24.3 Å². The van der Waals surface area contributed by atoms with E-state index in [2.05, 4.69) is 15.5 Å². The molecule has 6 heteroatoms. The highest BCUT2D eigenvalue weighted by molar-refractivity contribution is 6.30. The summed E-state index contributed by atoms with van der Waals surface area (Å²) in [7, 11) is 1.77. The summed E-state index contributed by atoms with van der Waals surface area (Å²) in [4.78, 5) is 14.4. The predicted octanol–water partition coefficient (Wildman–Crippen LogP) is 4.60. The quantitative estimate of drug-likeness (QED) is 0.838.